The zero-order valence-electron chi connectivity index (χ0n) is 13.2. The van der Waals surface area contributed by atoms with E-state index in [1.54, 1.807) is 0 Å². The first-order valence-electron chi connectivity index (χ1n) is 7.65. The van der Waals surface area contributed by atoms with Gasteiger partial charge in [0.15, 0.2) is 0 Å². The minimum Gasteiger partial charge on any atom is -0.346 e. The van der Waals surface area contributed by atoms with E-state index in [2.05, 4.69) is 49.5 Å². The quantitative estimate of drug-likeness (QED) is 0.904. The third-order valence-electron chi connectivity index (χ3n) is 4.11. The van der Waals surface area contributed by atoms with Gasteiger partial charge in [-0.15, -0.1) is 0 Å². The lowest BCUT2D eigenvalue weighted by Gasteiger charge is -2.40. The average Bonchev–Trinajstić information content (AvgIpc) is 2.75. The summed E-state index contributed by atoms with van der Waals surface area (Å²) in [5, 5.41) is 0. The van der Waals surface area contributed by atoms with E-state index in [-0.39, 0.29) is 0 Å². The Morgan fingerprint density at radius 3 is 2.47 bits per heavy atom. The first-order chi connectivity index (χ1) is 8.86. The molecule has 0 atom stereocenters. The number of hydrogen-bond acceptors (Lipinski definition) is 2. The van der Waals surface area contributed by atoms with Crippen LogP contribution in [-0.2, 0) is 6.42 Å². The molecule has 1 aliphatic rings. The van der Waals surface area contributed by atoms with E-state index in [0.717, 1.165) is 6.42 Å². The Hall–Kier alpha value is -0.830. The number of aromatic amines is 1. The minimum atomic E-state index is 0.303. The van der Waals surface area contributed by atoms with Crippen LogP contribution in [0.1, 0.15) is 64.9 Å². The molecule has 1 N–H and O–H groups in total. The maximum atomic E-state index is 4.61. The maximum Gasteiger partial charge on any atom is 0.109 e. The summed E-state index contributed by atoms with van der Waals surface area (Å²) in [7, 11) is 0. The summed E-state index contributed by atoms with van der Waals surface area (Å²) in [5.41, 5.74) is 1.60. The number of imidazole rings is 1. The molecule has 108 valence electrons. The van der Waals surface area contributed by atoms with Crippen molar-refractivity contribution in [2.75, 3.05) is 13.1 Å². The van der Waals surface area contributed by atoms with E-state index < -0.39 is 0 Å². The molecule has 0 amide bonds. The predicted molar refractivity (Wildman–Crippen MR) is 80.4 cm³/mol. The van der Waals surface area contributed by atoms with E-state index in [0.29, 0.717) is 17.4 Å². The van der Waals surface area contributed by atoms with Gasteiger partial charge in [-0.05, 0) is 59.0 Å². The smallest absolute Gasteiger partial charge is 0.109 e. The van der Waals surface area contributed by atoms with Crippen molar-refractivity contribution in [2.24, 2.45) is 5.92 Å². The molecule has 1 saturated heterocycles. The fourth-order valence-electron chi connectivity index (χ4n) is 2.95. The summed E-state index contributed by atoms with van der Waals surface area (Å²) < 4.78 is 0. The molecule has 1 aromatic heterocycles. The number of likely N-dealkylation sites (tertiary alicyclic amines) is 1. The molecule has 1 aromatic rings. The molecule has 0 saturated carbocycles. The highest BCUT2D eigenvalue weighted by molar-refractivity contribution is 5.07. The van der Waals surface area contributed by atoms with Crippen LogP contribution in [0, 0.1) is 5.92 Å². The Kier molecular flexibility index (Phi) is 4.34. The third-order valence-corrected chi connectivity index (χ3v) is 4.11. The molecule has 0 aromatic carbocycles. The lowest BCUT2D eigenvalue weighted by atomic mass is 9.92. The molecule has 0 bridgehead atoms. The van der Waals surface area contributed by atoms with Gasteiger partial charge in [-0.25, -0.2) is 4.98 Å². The van der Waals surface area contributed by atoms with Crippen LogP contribution in [0.2, 0.25) is 0 Å². The van der Waals surface area contributed by atoms with Crippen LogP contribution in [-0.4, -0.2) is 33.5 Å². The summed E-state index contributed by atoms with van der Waals surface area (Å²) in [4.78, 5) is 10.7. The number of nitrogens with zero attached hydrogens (tertiary/aromatic N) is 2. The van der Waals surface area contributed by atoms with Gasteiger partial charge in [0.05, 0.1) is 0 Å². The van der Waals surface area contributed by atoms with Crippen molar-refractivity contribution in [2.45, 2.75) is 65.3 Å². The topological polar surface area (TPSA) is 31.9 Å². The number of hydrogen-bond donors (Lipinski definition) is 1. The third kappa shape index (κ3) is 3.82. The SMILES string of the molecule is CC(C)Cc1cnc(C2CCN(C(C)(C)C)CC2)[nH]1. The van der Waals surface area contributed by atoms with Crippen molar-refractivity contribution in [3.8, 4) is 0 Å². The molecule has 19 heavy (non-hydrogen) atoms. The second-order valence-electron chi connectivity index (χ2n) is 7.32. The molecule has 2 rings (SSSR count). The van der Waals surface area contributed by atoms with Crippen LogP contribution in [0.4, 0.5) is 0 Å². The molecule has 0 unspecified atom stereocenters. The van der Waals surface area contributed by atoms with Crippen molar-refractivity contribution in [1.82, 2.24) is 14.9 Å². The van der Waals surface area contributed by atoms with Gasteiger partial charge in [-0.2, -0.15) is 0 Å². The number of aromatic nitrogens is 2. The van der Waals surface area contributed by atoms with E-state index in [1.165, 1.54) is 37.4 Å². The Morgan fingerprint density at radius 2 is 1.95 bits per heavy atom. The Bertz CT molecular complexity index is 392. The van der Waals surface area contributed by atoms with Gasteiger partial charge in [0.25, 0.3) is 0 Å². The molecule has 0 spiro atoms. The number of piperidine rings is 1. The van der Waals surface area contributed by atoms with Crippen molar-refractivity contribution in [3.05, 3.63) is 17.7 Å². The Morgan fingerprint density at radius 1 is 1.32 bits per heavy atom. The molecular weight excluding hydrogens is 234 g/mol. The van der Waals surface area contributed by atoms with E-state index >= 15 is 0 Å². The standard InChI is InChI=1S/C16H29N3/c1-12(2)10-14-11-17-15(18-14)13-6-8-19(9-7-13)16(3,4)5/h11-13H,6-10H2,1-5H3,(H,17,18). The van der Waals surface area contributed by atoms with Crippen LogP contribution >= 0.6 is 0 Å². The largest absolute Gasteiger partial charge is 0.346 e. The van der Waals surface area contributed by atoms with Gasteiger partial charge in [0.1, 0.15) is 5.82 Å². The fourth-order valence-corrected chi connectivity index (χ4v) is 2.95. The van der Waals surface area contributed by atoms with Gasteiger partial charge in [-0.1, -0.05) is 13.8 Å². The molecule has 1 fully saturated rings. The average molecular weight is 263 g/mol. The van der Waals surface area contributed by atoms with E-state index in [9.17, 15) is 0 Å². The van der Waals surface area contributed by atoms with Crippen molar-refractivity contribution < 1.29 is 0 Å². The number of H-pyrrole nitrogens is 1. The Balaban J connectivity index is 1.92. The van der Waals surface area contributed by atoms with Crippen molar-refractivity contribution >= 4 is 0 Å². The highest BCUT2D eigenvalue weighted by Crippen LogP contribution is 2.29. The second-order valence-corrected chi connectivity index (χ2v) is 7.32. The highest BCUT2D eigenvalue weighted by Gasteiger charge is 2.28. The monoisotopic (exact) mass is 263 g/mol. The molecule has 0 radical (unpaired) electrons. The van der Waals surface area contributed by atoms with E-state index in [4.69, 9.17) is 0 Å². The van der Waals surface area contributed by atoms with Crippen LogP contribution in [0.15, 0.2) is 6.20 Å². The van der Waals surface area contributed by atoms with Crippen LogP contribution in [0.3, 0.4) is 0 Å². The van der Waals surface area contributed by atoms with Gasteiger partial charge in [0, 0.05) is 23.3 Å². The van der Waals surface area contributed by atoms with Crippen LogP contribution < -0.4 is 0 Å². The van der Waals surface area contributed by atoms with Crippen LogP contribution in [0.25, 0.3) is 0 Å². The first kappa shape index (κ1) is 14.6. The molecule has 0 aliphatic carbocycles. The van der Waals surface area contributed by atoms with Gasteiger partial charge in [0.2, 0.25) is 0 Å². The fraction of sp³-hybridized carbons (Fsp3) is 0.812. The Labute approximate surface area is 117 Å². The summed E-state index contributed by atoms with van der Waals surface area (Å²) in [6, 6.07) is 0. The molecule has 3 heteroatoms. The number of nitrogens with one attached hydrogen (secondary N) is 1. The van der Waals surface area contributed by atoms with E-state index in [1.807, 2.05) is 6.20 Å². The summed E-state index contributed by atoms with van der Waals surface area (Å²) in [5.74, 6) is 2.53. The minimum absolute atomic E-state index is 0.303. The number of rotatable bonds is 3. The van der Waals surface area contributed by atoms with Gasteiger partial charge in [-0.3, -0.25) is 4.90 Å². The molecule has 2 heterocycles. The zero-order valence-corrected chi connectivity index (χ0v) is 13.2. The van der Waals surface area contributed by atoms with Gasteiger partial charge >= 0.3 is 0 Å². The predicted octanol–water partition coefficient (Wildman–Crippen LogP) is 3.59. The summed E-state index contributed by atoms with van der Waals surface area (Å²) in [6.45, 7) is 13.8. The van der Waals surface area contributed by atoms with Crippen molar-refractivity contribution in [1.29, 1.82) is 0 Å². The molecule has 1 aliphatic heterocycles. The first-order valence-corrected chi connectivity index (χ1v) is 7.65. The lowest BCUT2D eigenvalue weighted by molar-refractivity contribution is 0.101. The van der Waals surface area contributed by atoms with Crippen LogP contribution in [0.5, 0.6) is 0 Å². The summed E-state index contributed by atoms with van der Waals surface area (Å²) >= 11 is 0. The maximum absolute atomic E-state index is 4.61. The molecule has 3 nitrogen and oxygen atoms in total. The lowest BCUT2D eigenvalue weighted by Crippen LogP contribution is -2.45. The van der Waals surface area contributed by atoms with Crippen molar-refractivity contribution in [3.63, 3.8) is 0 Å². The molecular formula is C16H29N3. The normalized spacial score (nSPS) is 19.3. The highest BCUT2D eigenvalue weighted by atomic mass is 15.2. The zero-order chi connectivity index (χ0) is 14.0. The summed E-state index contributed by atoms with van der Waals surface area (Å²) in [6.07, 6.45) is 5.59. The van der Waals surface area contributed by atoms with Gasteiger partial charge < -0.3 is 4.98 Å². The second kappa shape index (κ2) is 5.66.